The van der Waals surface area contributed by atoms with E-state index in [2.05, 4.69) is 10.8 Å². The number of rotatable bonds is 10. The van der Waals surface area contributed by atoms with Crippen LogP contribution in [0.2, 0.25) is 0 Å². The molecule has 0 amide bonds. The highest BCUT2D eigenvalue weighted by Crippen LogP contribution is 2.45. The summed E-state index contributed by atoms with van der Waals surface area (Å²) in [7, 11) is 2.72. The zero-order valence-corrected chi connectivity index (χ0v) is 17.5. The lowest BCUT2D eigenvalue weighted by atomic mass is 9.69. The zero-order chi connectivity index (χ0) is 22.4. The minimum Gasteiger partial charge on any atom is -0.489 e. The van der Waals surface area contributed by atoms with Gasteiger partial charge in [-0.15, -0.1) is 0 Å². The predicted molar refractivity (Wildman–Crippen MR) is 104 cm³/mol. The second kappa shape index (κ2) is 9.96. The Morgan fingerprint density at radius 2 is 2.03 bits per heavy atom. The van der Waals surface area contributed by atoms with E-state index < -0.39 is 18.0 Å². The Hall–Kier alpha value is -2.86. The standard InChI is InChI=1S/C22H25F2NO6/c1-27-13-30-17-7-8-22(12-25,10-16(17)20(26)28-2)15-5-6-18(31-21(23)24)19(9-15)29-11-14-3-4-14/h5-6,9,14,21H,3-4,7-8,10-11,13H2,1-2H3. The highest BCUT2D eigenvalue weighted by atomic mass is 19.3. The van der Waals surface area contributed by atoms with Crippen molar-refractivity contribution in [1.29, 1.82) is 5.26 Å². The molecule has 2 aliphatic rings. The fraction of sp³-hybridized carbons (Fsp3) is 0.545. The first kappa shape index (κ1) is 22.8. The minimum atomic E-state index is -3.00. The van der Waals surface area contributed by atoms with Gasteiger partial charge < -0.3 is 23.7 Å². The van der Waals surface area contributed by atoms with Crippen molar-refractivity contribution in [2.24, 2.45) is 5.92 Å². The molecule has 1 fully saturated rings. The quantitative estimate of drug-likeness (QED) is 0.403. The van der Waals surface area contributed by atoms with Gasteiger partial charge in [0.15, 0.2) is 18.3 Å². The number of alkyl halides is 2. The van der Waals surface area contributed by atoms with Crippen LogP contribution >= 0.6 is 0 Å². The van der Waals surface area contributed by atoms with Crippen LogP contribution in [0.15, 0.2) is 29.5 Å². The van der Waals surface area contributed by atoms with Gasteiger partial charge in [0.2, 0.25) is 0 Å². The number of allylic oxidation sites excluding steroid dienone is 1. The monoisotopic (exact) mass is 437 g/mol. The van der Waals surface area contributed by atoms with Gasteiger partial charge in [0.1, 0.15) is 5.76 Å². The average Bonchev–Trinajstić information content (AvgIpc) is 3.60. The molecule has 0 bridgehead atoms. The topological polar surface area (TPSA) is 87.0 Å². The number of methoxy groups -OCH3 is 2. The summed E-state index contributed by atoms with van der Waals surface area (Å²) < 4.78 is 51.3. The molecular weight excluding hydrogens is 412 g/mol. The number of nitriles is 1. The number of esters is 1. The Morgan fingerprint density at radius 1 is 1.26 bits per heavy atom. The van der Waals surface area contributed by atoms with Crippen molar-refractivity contribution < 1.29 is 37.3 Å². The van der Waals surface area contributed by atoms with Crippen LogP contribution in [0.5, 0.6) is 11.5 Å². The SMILES string of the molecule is COCOC1=C(C(=O)OC)CC(C#N)(c2ccc(OC(F)F)c(OCC3CC3)c2)CC1. The number of benzene rings is 1. The Bertz CT molecular complexity index is 877. The van der Waals surface area contributed by atoms with Crippen LogP contribution in [0.25, 0.3) is 0 Å². The Kier molecular flexibility index (Phi) is 7.33. The molecule has 1 aromatic rings. The first-order chi connectivity index (χ1) is 14.9. The largest absolute Gasteiger partial charge is 0.489 e. The van der Waals surface area contributed by atoms with Gasteiger partial charge in [-0.2, -0.15) is 14.0 Å². The van der Waals surface area contributed by atoms with Crippen molar-refractivity contribution in [2.45, 2.75) is 44.1 Å². The van der Waals surface area contributed by atoms with Crippen LogP contribution < -0.4 is 9.47 Å². The summed E-state index contributed by atoms with van der Waals surface area (Å²) in [6.45, 7) is -2.64. The Labute approximate surface area is 179 Å². The lowest BCUT2D eigenvalue weighted by Crippen LogP contribution is -2.32. The number of nitrogens with zero attached hydrogens (tertiary/aromatic N) is 1. The molecule has 0 spiro atoms. The summed E-state index contributed by atoms with van der Waals surface area (Å²) in [4.78, 5) is 12.4. The van der Waals surface area contributed by atoms with Gasteiger partial charge in [0.05, 0.1) is 30.8 Å². The third-order valence-corrected chi connectivity index (χ3v) is 5.47. The highest BCUT2D eigenvalue weighted by molar-refractivity contribution is 5.89. The number of hydrogen-bond donors (Lipinski definition) is 0. The normalized spacial score (nSPS) is 20.9. The summed E-state index contributed by atoms with van der Waals surface area (Å²) in [6.07, 6.45) is 2.79. The van der Waals surface area contributed by atoms with Crippen LogP contribution in [0.1, 0.15) is 37.7 Å². The van der Waals surface area contributed by atoms with Gasteiger partial charge in [-0.1, -0.05) is 6.07 Å². The molecule has 2 aliphatic carbocycles. The molecule has 0 N–H and O–H groups in total. The van der Waals surface area contributed by atoms with Crippen LogP contribution in [0.4, 0.5) is 8.78 Å². The van der Waals surface area contributed by atoms with E-state index in [1.165, 1.54) is 20.3 Å². The highest BCUT2D eigenvalue weighted by Gasteiger charge is 2.41. The van der Waals surface area contributed by atoms with Crippen LogP contribution in [0.3, 0.4) is 0 Å². The molecule has 1 aromatic carbocycles. The molecule has 31 heavy (non-hydrogen) atoms. The zero-order valence-electron chi connectivity index (χ0n) is 17.5. The fourth-order valence-corrected chi connectivity index (χ4v) is 3.58. The molecule has 9 heteroatoms. The molecule has 0 aromatic heterocycles. The van der Waals surface area contributed by atoms with Gasteiger partial charge in [-0.25, -0.2) is 4.79 Å². The number of ether oxygens (including phenoxy) is 5. The summed E-state index contributed by atoms with van der Waals surface area (Å²) in [5, 5.41) is 10.1. The van der Waals surface area contributed by atoms with Gasteiger partial charge in [0.25, 0.3) is 0 Å². The Morgan fingerprint density at radius 3 is 2.65 bits per heavy atom. The first-order valence-corrected chi connectivity index (χ1v) is 9.98. The van der Waals surface area contributed by atoms with Crippen LogP contribution in [-0.4, -0.2) is 40.2 Å². The number of carbonyl (C=O) groups excluding carboxylic acids is 1. The molecule has 3 rings (SSSR count). The van der Waals surface area contributed by atoms with Gasteiger partial charge in [-0.3, -0.25) is 0 Å². The Balaban J connectivity index is 1.94. The van der Waals surface area contributed by atoms with E-state index in [-0.39, 0.29) is 30.3 Å². The first-order valence-electron chi connectivity index (χ1n) is 9.98. The van der Waals surface area contributed by atoms with Gasteiger partial charge >= 0.3 is 12.6 Å². The molecular formula is C22H25F2NO6. The molecule has 1 atom stereocenters. The van der Waals surface area contributed by atoms with E-state index in [0.717, 1.165) is 12.8 Å². The van der Waals surface area contributed by atoms with E-state index >= 15 is 0 Å². The molecule has 0 aliphatic heterocycles. The van der Waals surface area contributed by atoms with Crippen molar-refractivity contribution in [3.8, 4) is 17.6 Å². The molecule has 0 radical (unpaired) electrons. The lowest BCUT2D eigenvalue weighted by Gasteiger charge is -2.33. The maximum atomic E-state index is 12.8. The average molecular weight is 437 g/mol. The second-order valence-corrected chi connectivity index (χ2v) is 7.61. The molecule has 0 saturated heterocycles. The van der Waals surface area contributed by atoms with Gasteiger partial charge in [-0.05, 0) is 42.9 Å². The van der Waals surface area contributed by atoms with Crippen molar-refractivity contribution in [3.63, 3.8) is 0 Å². The van der Waals surface area contributed by atoms with Crippen molar-refractivity contribution >= 4 is 5.97 Å². The van der Waals surface area contributed by atoms with Crippen molar-refractivity contribution in [2.75, 3.05) is 27.6 Å². The van der Waals surface area contributed by atoms with Crippen LogP contribution in [0, 0.1) is 17.2 Å². The van der Waals surface area contributed by atoms with Crippen molar-refractivity contribution in [1.82, 2.24) is 0 Å². The molecule has 7 nitrogen and oxygen atoms in total. The third-order valence-electron chi connectivity index (χ3n) is 5.47. The summed E-state index contributed by atoms with van der Waals surface area (Å²) in [5.74, 6) is 0.299. The second-order valence-electron chi connectivity index (χ2n) is 7.61. The van der Waals surface area contributed by atoms with Gasteiger partial charge in [0, 0.05) is 20.0 Å². The maximum absolute atomic E-state index is 12.8. The summed E-state index contributed by atoms with van der Waals surface area (Å²) in [6, 6.07) is 6.80. The number of halogens is 2. The van der Waals surface area contributed by atoms with E-state index in [1.54, 1.807) is 12.1 Å². The smallest absolute Gasteiger partial charge is 0.387 e. The summed E-state index contributed by atoms with van der Waals surface area (Å²) >= 11 is 0. The van der Waals surface area contributed by atoms with E-state index in [0.29, 0.717) is 36.7 Å². The maximum Gasteiger partial charge on any atom is 0.387 e. The molecule has 168 valence electrons. The van der Waals surface area contributed by atoms with E-state index in [4.69, 9.17) is 18.9 Å². The van der Waals surface area contributed by atoms with Crippen molar-refractivity contribution in [3.05, 3.63) is 35.1 Å². The van der Waals surface area contributed by atoms with E-state index in [9.17, 15) is 18.8 Å². The van der Waals surface area contributed by atoms with Crippen LogP contribution in [-0.2, 0) is 24.4 Å². The minimum absolute atomic E-state index is 0.0335. The fourth-order valence-electron chi connectivity index (χ4n) is 3.58. The summed E-state index contributed by atoms with van der Waals surface area (Å²) in [5.41, 5.74) is -0.278. The number of carbonyl (C=O) groups is 1. The lowest BCUT2D eigenvalue weighted by molar-refractivity contribution is -0.137. The third kappa shape index (κ3) is 5.44. The predicted octanol–water partition coefficient (Wildman–Crippen LogP) is 4.07. The molecule has 0 heterocycles. The molecule has 1 saturated carbocycles. The van der Waals surface area contributed by atoms with E-state index in [1.807, 2.05) is 0 Å². The molecule has 1 unspecified atom stereocenters. The number of hydrogen-bond acceptors (Lipinski definition) is 7.